The monoisotopic (exact) mass is 430 g/mol. The second-order valence-corrected chi connectivity index (χ2v) is 9.67. The predicted octanol–water partition coefficient (Wildman–Crippen LogP) is 7.04. The van der Waals surface area contributed by atoms with Crippen molar-refractivity contribution in [3.63, 3.8) is 0 Å². The average molecular weight is 431 g/mol. The van der Waals surface area contributed by atoms with Crippen LogP contribution in [0.3, 0.4) is 0 Å². The second-order valence-electron chi connectivity index (χ2n) is 9.67. The van der Waals surface area contributed by atoms with Gasteiger partial charge >= 0.3 is 0 Å². The van der Waals surface area contributed by atoms with Gasteiger partial charge in [-0.2, -0.15) is 0 Å². The van der Waals surface area contributed by atoms with Gasteiger partial charge < -0.3 is 10.2 Å². The van der Waals surface area contributed by atoms with E-state index in [1.165, 1.54) is 53.5 Å². The molecule has 2 aliphatic carbocycles. The van der Waals surface area contributed by atoms with Crippen molar-refractivity contribution >= 4 is 11.1 Å². The predicted molar refractivity (Wildman–Crippen MR) is 134 cm³/mol. The van der Waals surface area contributed by atoms with Crippen LogP contribution in [0.4, 0.5) is 0 Å². The molecule has 2 aromatic rings. The van der Waals surface area contributed by atoms with Crippen LogP contribution in [0.1, 0.15) is 75.3 Å². The maximum Gasteiger partial charge on any atom is 0.0583 e. The van der Waals surface area contributed by atoms with Crippen molar-refractivity contribution < 1.29 is 10.2 Å². The van der Waals surface area contributed by atoms with E-state index in [-0.39, 0.29) is 17.4 Å². The molecular formula is C30H38O2. The maximum atomic E-state index is 11.0. The van der Waals surface area contributed by atoms with Gasteiger partial charge in [0.25, 0.3) is 0 Å². The zero-order valence-electron chi connectivity index (χ0n) is 19.3. The van der Waals surface area contributed by atoms with Crippen molar-refractivity contribution in [1.82, 2.24) is 0 Å². The number of fused-ring (bicyclic) bond motifs is 1. The first-order chi connectivity index (χ1) is 15.7. The van der Waals surface area contributed by atoms with Gasteiger partial charge in [0.1, 0.15) is 0 Å². The van der Waals surface area contributed by atoms with Crippen molar-refractivity contribution in [1.29, 1.82) is 0 Å². The summed E-state index contributed by atoms with van der Waals surface area (Å²) >= 11 is 0. The first kappa shape index (κ1) is 23.0. The van der Waals surface area contributed by atoms with Gasteiger partial charge in [0.15, 0.2) is 0 Å². The number of allylic oxidation sites excluding steroid dienone is 3. The maximum absolute atomic E-state index is 11.0. The molecule has 170 valence electrons. The first-order valence-electron chi connectivity index (χ1n) is 12.5. The number of aliphatic hydroxyl groups is 2. The highest BCUT2D eigenvalue weighted by Crippen LogP contribution is 2.66. The molecule has 2 nitrogen and oxygen atoms in total. The van der Waals surface area contributed by atoms with Gasteiger partial charge in [0.05, 0.1) is 6.10 Å². The van der Waals surface area contributed by atoms with Crippen LogP contribution in [-0.2, 0) is 0 Å². The van der Waals surface area contributed by atoms with Crippen molar-refractivity contribution in [3.8, 4) is 0 Å². The Morgan fingerprint density at radius 1 is 0.875 bits per heavy atom. The molecular weight excluding hydrogens is 392 g/mol. The van der Waals surface area contributed by atoms with E-state index in [4.69, 9.17) is 5.11 Å². The van der Waals surface area contributed by atoms with Crippen LogP contribution in [0.25, 0.3) is 11.1 Å². The fourth-order valence-corrected chi connectivity index (χ4v) is 6.27. The molecule has 2 N–H and O–H groups in total. The zero-order chi connectivity index (χ0) is 22.4. The fraction of sp³-hybridized carbons (Fsp3) is 0.467. The number of aliphatic hydroxyl groups excluding tert-OH is 2. The molecule has 0 amide bonds. The van der Waals surface area contributed by atoms with E-state index in [0.717, 1.165) is 38.5 Å². The van der Waals surface area contributed by atoms with Crippen molar-refractivity contribution in [2.45, 2.75) is 70.3 Å². The zero-order valence-corrected chi connectivity index (χ0v) is 19.3. The normalized spacial score (nSPS) is 24.7. The molecule has 0 saturated heterocycles. The summed E-state index contributed by atoms with van der Waals surface area (Å²) in [4.78, 5) is 0. The molecule has 1 saturated carbocycles. The molecule has 0 aromatic heterocycles. The lowest BCUT2D eigenvalue weighted by atomic mass is 9.66. The van der Waals surface area contributed by atoms with Crippen LogP contribution in [-0.4, -0.2) is 22.9 Å². The molecule has 2 aromatic carbocycles. The largest absolute Gasteiger partial charge is 0.396 e. The quantitative estimate of drug-likeness (QED) is 0.375. The number of unbranched alkanes of at least 4 members (excludes halogenated alkanes) is 5. The minimum atomic E-state index is -0.259. The Kier molecular flexibility index (Phi) is 7.65. The molecule has 4 rings (SSSR count). The molecule has 0 radical (unpaired) electrons. The van der Waals surface area contributed by atoms with E-state index >= 15 is 0 Å². The molecule has 0 heterocycles. The lowest BCUT2D eigenvalue weighted by molar-refractivity contribution is 0.120. The van der Waals surface area contributed by atoms with Crippen LogP contribution in [0, 0.1) is 11.3 Å². The van der Waals surface area contributed by atoms with Crippen LogP contribution in [0.2, 0.25) is 0 Å². The molecule has 2 aliphatic rings. The second kappa shape index (κ2) is 10.6. The van der Waals surface area contributed by atoms with Gasteiger partial charge in [0, 0.05) is 17.9 Å². The Hall–Kier alpha value is -2.16. The minimum Gasteiger partial charge on any atom is -0.396 e. The van der Waals surface area contributed by atoms with Crippen LogP contribution in [0.15, 0.2) is 72.8 Å². The van der Waals surface area contributed by atoms with Crippen LogP contribution >= 0.6 is 0 Å². The summed E-state index contributed by atoms with van der Waals surface area (Å²) in [5.41, 5.74) is 6.50. The Labute approximate surface area is 193 Å². The molecule has 0 bridgehead atoms. The van der Waals surface area contributed by atoms with E-state index < -0.39 is 0 Å². The van der Waals surface area contributed by atoms with Crippen molar-refractivity contribution in [2.75, 3.05) is 6.61 Å². The number of rotatable bonds is 11. The minimum absolute atomic E-state index is 0.168. The summed E-state index contributed by atoms with van der Waals surface area (Å²) in [6.07, 6.45) is 10.6. The summed E-state index contributed by atoms with van der Waals surface area (Å²) in [5, 5.41) is 20.0. The SMILES string of the molecule is C=C(c1ccccc1)C12CCC(O)C1CC(CCCCCCCCO)=C2c1ccccc1. The first-order valence-corrected chi connectivity index (χ1v) is 12.5. The van der Waals surface area contributed by atoms with Crippen LogP contribution < -0.4 is 0 Å². The number of hydrogen-bond acceptors (Lipinski definition) is 2. The van der Waals surface area contributed by atoms with E-state index in [9.17, 15) is 5.11 Å². The van der Waals surface area contributed by atoms with Crippen molar-refractivity contribution in [3.05, 3.63) is 83.9 Å². The summed E-state index contributed by atoms with van der Waals surface area (Å²) in [7, 11) is 0. The number of hydrogen-bond donors (Lipinski definition) is 2. The molecule has 3 unspecified atom stereocenters. The number of benzene rings is 2. The van der Waals surface area contributed by atoms with E-state index in [1.54, 1.807) is 0 Å². The third kappa shape index (κ3) is 4.49. The van der Waals surface area contributed by atoms with Gasteiger partial charge in [-0.1, -0.05) is 98.5 Å². The van der Waals surface area contributed by atoms with Gasteiger partial charge in [-0.3, -0.25) is 0 Å². The Morgan fingerprint density at radius 3 is 2.19 bits per heavy atom. The third-order valence-corrected chi connectivity index (χ3v) is 7.81. The third-order valence-electron chi connectivity index (χ3n) is 7.81. The Morgan fingerprint density at radius 2 is 1.50 bits per heavy atom. The van der Waals surface area contributed by atoms with E-state index in [2.05, 4.69) is 67.2 Å². The highest BCUT2D eigenvalue weighted by molar-refractivity contribution is 5.90. The topological polar surface area (TPSA) is 40.5 Å². The lowest BCUT2D eigenvalue weighted by Crippen LogP contribution is -2.29. The van der Waals surface area contributed by atoms with Crippen LogP contribution in [0.5, 0.6) is 0 Å². The molecule has 0 aliphatic heterocycles. The smallest absolute Gasteiger partial charge is 0.0583 e. The highest BCUT2D eigenvalue weighted by Gasteiger charge is 2.56. The van der Waals surface area contributed by atoms with Gasteiger partial charge in [0.2, 0.25) is 0 Å². The van der Waals surface area contributed by atoms with Crippen molar-refractivity contribution in [2.24, 2.45) is 11.3 Å². The summed E-state index contributed by atoms with van der Waals surface area (Å²) in [5.74, 6) is 0.227. The standard InChI is InChI=1S/C30H38O2/c1-23(24-14-9-6-10-15-24)30-20-19-28(32)27(30)22-26(18-8-4-2-3-5-13-21-31)29(30)25-16-11-7-12-17-25/h6-7,9-12,14-17,27-28,31-32H,1-5,8,13,18-22H2. The molecule has 3 atom stereocenters. The average Bonchev–Trinajstić information content (AvgIpc) is 3.34. The highest BCUT2D eigenvalue weighted by atomic mass is 16.3. The van der Waals surface area contributed by atoms with Gasteiger partial charge in [-0.05, 0) is 60.8 Å². The Bertz CT molecular complexity index is 914. The molecule has 1 fully saturated rings. The molecule has 2 heteroatoms. The summed E-state index contributed by atoms with van der Waals surface area (Å²) in [6.45, 7) is 4.97. The summed E-state index contributed by atoms with van der Waals surface area (Å²) in [6, 6.07) is 21.4. The molecule has 0 spiro atoms. The fourth-order valence-electron chi connectivity index (χ4n) is 6.27. The van der Waals surface area contributed by atoms with Gasteiger partial charge in [-0.25, -0.2) is 0 Å². The van der Waals surface area contributed by atoms with E-state index in [0.29, 0.717) is 6.61 Å². The summed E-state index contributed by atoms with van der Waals surface area (Å²) < 4.78 is 0. The lowest BCUT2D eigenvalue weighted by Gasteiger charge is -2.37. The molecule has 32 heavy (non-hydrogen) atoms. The van der Waals surface area contributed by atoms with E-state index in [1.807, 2.05) is 0 Å². The Balaban J connectivity index is 1.64. The van der Waals surface area contributed by atoms with Gasteiger partial charge in [-0.15, -0.1) is 0 Å².